The lowest BCUT2D eigenvalue weighted by atomic mass is 10.1. The summed E-state index contributed by atoms with van der Waals surface area (Å²) in [6.07, 6.45) is 0.473. The number of aryl methyl sites for hydroxylation is 2. The number of carbonyl (C=O) groups is 1. The molecule has 2 heterocycles. The van der Waals surface area contributed by atoms with Gasteiger partial charge >= 0.3 is 5.97 Å². The molecule has 0 aliphatic heterocycles. The minimum atomic E-state index is -3.43. The van der Waals surface area contributed by atoms with Crippen molar-refractivity contribution in [3.63, 3.8) is 0 Å². The number of esters is 1. The maximum atomic E-state index is 12.6. The van der Waals surface area contributed by atoms with Crippen molar-refractivity contribution in [3.8, 4) is 11.4 Å². The van der Waals surface area contributed by atoms with Crippen LogP contribution in [0.5, 0.6) is 0 Å². The lowest BCUT2D eigenvalue weighted by Crippen LogP contribution is -2.14. The summed E-state index contributed by atoms with van der Waals surface area (Å²) in [6, 6.07) is 10.4. The van der Waals surface area contributed by atoms with Crippen LogP contribution in [0.2, 0.25) is 5.02 Å². The van der Waals surface area contributed by atoms with E-state index >= 15 is 0 Å². The lowest BCUT2D eigenvalue weighted by molar-refractivity contribution is -0.147. The first kappa shape index (κ1) is 22.7. The minimum Gasteiger partial charge on any atom is -0.457 e. The highest BCUT2D eigenvalue weighted by Crippen LogP contribution is 2.27. The standard InChI is InChI=1S/C20H22ClN5O4S/c1-12-16(24-31(4,28)29)9-10-17(22-12)20-18(26(3)25-23-20)11-19(27)30-13(2)14-7-5-6-8-15(14)21/h5-10,13,24H,11H2,1-4H3/t13-/m1/s1. The van der Waals surface area contributed by atoms with Crippen LogP contribution in [-0.4, -0.2) is 40.6 Å². The van der Waals surface area contributed by atoms with E-state index < -0.39 is 22.1 Å². The Morgan fingerprint density at radius 3 is 2.61 bits per heavy atom. The molecule has 1 atom stereocenters. The van der Waals surface area contributed by atoms with E-state index in [-0.39, 0.29) is 6.42 Å². The van der Waals surface area contributed by atoms with Crippen LogP contribution in [-0.2, 0) is 33.0 Å². The number of ether oxygens (including phenoxy) is 1. The Bertz CT molecular complexity index is 1230. The molecule has 0 amide bonds. The SMILES string of the molecule is Cc1nc(-c2nnn(C)c2CC(=O)O[C@H](C)c2ccccc2Cl)ccc1NS(C)(=O)=O. The molecule has 1 aromatic carbocycles. The smallest absolute Gasteiger partial charge is 0.312 e. The Hall–Kier alpha value is -2.98. The van der Waals surface area contributed by atoms with Gasteiger partial charge in [-0.25, -0.2) is 13.4 Å². The third kappa shape index (κ3) is 5.59. The van der Waals surface area contributed by atoms with Gasteiger partial charge in [0, 0.05) is 17.6 Å². The first-order valence-electron chi connectivity index (χ1n) is 9.33. The van der Waals surface area contributed by atoms with Crippen LogP contribution in [0.3, 0.4) is 0 Å². The Labute approximate surface area is 185 Å². The van der Waals surface area contributed by atoms with Crippen molar-refractivity contribution in [1.82, 2.24) is 20.0 Å². The number of benzene rings is 1. The van der Waals surface area contributed by atoms with Gasteiger partial charge in [-0.15, -0.1) is 5.10 Å². The van der Waals surface area contributed by atoms with E-state index in [2.05, 4.69) is 20.0 Å². The fourth-order valence-corrected chi connectivity index (χ4v) is 3.92. The summed E-state index contributed by atoms with van der Waals surface area (Å²) in [7, 11) is -1.76. The minimum absolute atomic E-state index is 0.0717. The summed E-state index contributed by atoms with van der Waals surface area (Å²) in [6.45, 7) is 3.42. The molecule has 0 saturated carbocycles. The van der Waals surface area contributed by atoms with Gasteiger partial charge in [-0.05, 0) is 32.0 Å². The predicted octanol–water partition coefficient (Wildman–Crippen LogP) is 3.06. The molecule has 164 valence electrons. The number of nitrogens with zero attached hydrogens (tertiary/aromatic N) is 4. The van der Waals surface area contributed by atoms with E-state index in [4.69, 9.17) is 16.3 Å². The van der Waals surface area contributed by atoms with Gasteiger partial charge < -0.3 is 4.74 Å². The van der Waals surface area contributed by atoms with Gasteiger partial charge in [0.25, 0.3) is 0 Å². The van der Waals surface area contributed by atoms with Crippen LogP contribution >= 0.6 is 11.6 Å². The highest BCUT2D eigenvalue weighted by atomic mass is 35.5. The van der Waals surface area contributed by atoms with Gasteiger partial charge in [0.15, 0.2) is 0 Å². The zero-order valence-electron chi connectivity index (χ0n) is 17.5. The molecule has 1 N–H and O–H groups in total. The molecular weight excluding hydrogens is 442 g/mol. The lowest BCUT2D eigenvalue weighted by Gasteiger charge is -2.15. The monoisotopic (exact) mass is 463 g/mol. The Morgan fingerprint density at radius 1 is 1.26 bits per heavy atom. The Kier molecular flexibility index (Phi) is 6.61. The summed E-state index contributed by atoms with van der Waals surface area (Å²) in [5, 5.41) is 8.64. The van der Waals surface area contributed by atoms with Crippen molar-refractivity contribution in [2.75, 3.05) is 11.0 Å². The molecule has 0 bridgehead atoms. The van der Waals surface area contributed by atoms with Gasteiger partial charge in [-0.1, -0.05) is 35.0 Å². The maximum absolute atomic E-state index is 12.6. The molecule has 0 aliphatic carbocycles. The molecule has 3 aromatic rings. The van der Waals surface area contributed by atoms with Crippen molar-refractivity contribution in [2.24, 2.45) is 7.05 Å². The summed E-state index contributed by atoms with van der Waals surface area (Å²) >= 11 is 6.18. The fraction of sp³-hybridized carbons (Fsp3) is 0.300. The van der Waals surface area contributed by atoms with Crippen molar-refractivity contribution >= 4 is 33.3 Å². The van der Waals surface area contributed by atoms with E-state index in [1.165, 1.54) is 4.68 Å². The molecule has 0 spiro atoms. The van der Waals surface area contributed by atoms with Crippen LogP contribution in [0.25, 0.3) is 11.4 Å². The Morgan fingerprint density at radius 2 is 1.97 bits per heavy atom. The quantitative estimate of drug-likeness (QED) is 0.535. The second kappa shape index (κ2) is 9.03. The first-order valence-corrected chi connectivity index (χ1v) is 11.6. The number of rotatable bonds is 7. The largest absolute Gasteiger partial charge is 0.457 e. The fourth-order valence-electron chi connectivity index (χ4n) is 3.02. The van der Waals surface area contributed by atoms with Crippen molar-refractivity contribution in [2.45, 2.75) is 26.4 Å². The van der Waals surface area contributed by atoms with E-state index in [0.717, 1.165) is 6.26 Å². The van der Waals surface area contributed by atoms with Crippen molar-refractivity contribution in [1.29, 1.82) is 0 Å². The number of halogens is 1. The number of nitrogens with one attached hydrogen (secondary N) is 1. The molecule has 2 aromatic heterocycles. The van der Waals surface area contributed by atoms with E-state index in [1.807, 2.05) is 6.07 Å². The third-order valence-corrected chi connectivity index (χ3v) is 5.46. The van der Waals surface area contributed by atoms with Crippen molar-refractivity contribution < 1.29 is 17.9 Å². The molecule has 0 fully saturated rings. The Balaban J connectivity index is 1.80. The third-order valence-electron chi connectivity index (χ3n) is 4.53. The first-order chi connectivity index (χ1) is 14.5. The van der Waals surface area contributed by atoms with Crippen LogP contribution in [0, 0.1) is 6.92 Å². The van der Waals surface area contributed by atoms with Gasteiger partial charge in [-0.3, -0.25) is 14.2 Å². The zero-order valence-corrected chi connectivity index (χ0v) is 19.0. The average molecular weight is 464 g/mol. The van der Waals surface area contributed by atoms with Crippen LogP contribution < -0.4 is 4.72 Å². The molecule has 0 saturated heterocycles. The molecule has 11 heteroatoms. The molecule has 0 radical (unpaired) electrons. The van der Waals surface area contributed by atoms with Crippen LogP contribution in [0.4, 0.5) is 5.69 Å². The average Bonchev–Trinajstić information content (AvgIpc) is 3.03. The highest BCUT2D eigenvalue weighted by molar-refractivity contribution is 7.92. The highest BCUT2D eigenvalue weighted by Gasteiger charge is 2.21. The number of hydrogen-bond donors (Lipinski definition) is 1. The summed E-state index contributed by atoms with van der Waals surface area (Å²) < 4.78 is 32.4. The number of carbonyl (C=O) groups excluding carboxylic acids is 1. The van der Waals surface area contributed by atoms with Crippen molar-refractivity contribution in [3.05, 3.63) is 58.4 Å². The summed E-state index contributed by atoms with van der Waals surface area (Å²) in [5.41, 5.74) is 2.95. The molecule has 31 heavy (non-hydrogen) atoms. The van der Waals surface area contributed by atoms with Gasteiger partial charge in [0.1, 0.15) is 11.8 Å². The van der Waals surface area contributed by atoms with E-state index in [9.17, 15) is 13.2 Å². The molecule has 0 unspecified atom stereocenters. The molecule has 3 rings (SSSR count). The zero-order chi connectivity index (χ0) is 22.8. The van der Waals surface area contributed by atoms with Crippen LogP contribution in [0.1, 0.15) is 30.0 Å². The van der Waals surface area contributed by atoms with Gasteiger partial charge in [0.2, 0.25) is 10.0 Å². The number of hydrogen-bond acceptors (Lipinski definition) is 7. The molecule has 9 nitrogen and oxygen atoms in total. The van der Waals surface area contributed by atoms with Gasteiger partial charge in [-0.2, -0.15) is 0 Å². The molecular formula is C20H22ClN5O4S. The predicted molar refractivity (Wildman–Crippen MR) is 117 cm³/mol. The number of anilines is 1. The normalized spacial score (nSPS) is 12.4. The second-order valence-corrected chi connectivity index (χ2v) is 9.20. The number of pyridine rings is 1. The van der Waals surface area contributed by atoms with Crippen LogP contribution in [0.15, 0.2) is 36.4 Å². The topological polar surface area (TPSA) is 116 Å². The maximum Gasteiger partial charge on any atom is 0.312 e. The summed E-state index contributed by atoms with van der Waals surface area (Å²) in [5.74, 6) is -0.467. The van der Waals surface area contributed by atoms with Gasteiger partial charge in [0.05, 0.1) is 35.4 Å². The van der Waals surface area contributed by atoms with E-state index in [0.29, 0.717) is 39.0 Å². The molecule has 0 aliphatic rings. The number of sulfonamides is 1. The number of aromatic nitrogens is 4. The van der Waals surface area contributed by atoms with E-state index in [1.54, 1.807) is 51.2 Å². The summed E-state index contributed by atoms with van der Waals surface area (Å²) in [4.78, 5) is 17.0. The second-order valence-electron chi connectivity index (χ2n) is 7.04.